The number of carbonyl (C=O) groups excluding carboxylic acids is 1. The number of pyridine rings is 1. The molecule has 1 aromatic rings. The monoisotopic (exact) mass is 248 g/mol. The van der Waals surface area contributed by atoms with Gasteiger partial charge < -0.3 is 15.1 Å². The third-order valence-electron chi connectivity index (χ3n) is 3.36. The molecule has 1 aromatic heterocycles. The van der Waals surface area contributed by atoms with Gasteiger partial charge in [0.2, 0.25) is 6.41 Å². The van der Waals surface area contributed by atoms with E-state index in [1.54, 1.807) is 4.90 Å². The highest BCUT2D eigenvalue weighted by Gasteiger charge is 2.16. The lowest BCUT2D eigenvalue weighted by Gasteiger charge is -2.33. The molecule has 0 saturated carbocycles. The molecule has 0 radical (unpaired) electrons. The van der Waals surface area contributed by atoms with E-state index in [0.29, 0.717) is 0 Å². The van der Waals surface area contributed by atoms with Gasteiger partial charge in [0.15, 0.2) is 0 Å². The maximum Gasteiger partial charge on any atom is 0.209 e. The number of carbonyl (C=O) groups is 1. The molecule has 18 heavy (non-hydrogen) atoms. The Morgan fingerprint density at radius 2 is 2.11 bits per heavy atom. The molecule has 1 saturated heterocycles. The summed E-state index contributed by atoms with van der Waals surface area (Å²) >= 11 is 0. The molecule has 1 aliphatic rings. The SMILES string of the molecule is CNCc1cnc(N2CCN(C=O)CC2)cc1C. The Morgan fingerprint density at radius 1 is 1.39 bits per heavy atom. The van der Waals surface area contributed by atoms with Crippen LogP contribution in [0.2, 0.25) is 0 Å². The highest BCUT2D eigenvalue weighted by atomic mass is 16.1. The quantitative estimate of drug-likeness (QED) is 0.783. The summed E-state index contributed by atoms with van der Waals surface area (Å²) < 4.78 is 0. The van der Waals surface area contributed by atoms with Crippen LogP contribution in [0.25, 0.3) is 0 Å². The molecule has 1 aliphatic heterocycles. The van der Waals surface area contributed by atoms with Gasteiger partial charge in [0.25, 0.3) is 0 Å². The minimum atomic E-state index is 0.780. The maximum atomic E-state index is 10.7. The number of hydrogen-bond acceptors (Lipinski definition) is 4. The summed E-state index contributed by atoms with van der Waals surface area (Å²) in [7, 11) is 1.94. The van der Waals surface area contributed by atoms with Gasteiger partial charge in [-0.3, -0.25) is 4.79 Å². The van der Waals surface area contributed by atoms with E-state index in [2.05, 4.69) is 28.2 Å². The Hall–Kier alpha value is -1.62. The maximum absolute atomic E-state index is 10.7. The van der Waals surface area contributed by atoms with Crippen molar-refractivity contribution in [2.75, 3.05) is 38.1 Å². The van der Waals surface area contributed by atoms with Gasteiger partial charge in [-0.15, -0.1) is 0 Å². The number of rotatable bonds is 4. The third kappa shape index (κ3) is 2.79. The minimum absolute atomic E-state index is 0.780. The molecule has 2 heterocycles. The summed E-state index contributed by atoms with van der Waals surface area (Å²) in [5, 5.41) is 3.14. The van der Waals surface area contributed by atoms with E-state index in [1.165, 1.54) is 11.1 Å². The summed E-state index contributed by atoms with van der Waals surface area (Å²) in [5.41, 5.74) is 2.49. The van der Waals surface area contributed by atoms with Crippen LogP contribution in [0.15, 0.2) is 12.3 Å². The molecule has 0 aliphatic carbocycles. The molecule has 0 atom stereocenters. The largest absolute Gasteiger partial charge is 0.353 e. The second-order valence-electron chi connectivity index (χ2n) is 4.63. The molecule has 5 nitrogen and oxygen atoms in total. The van der Waals surface area contributed by atoms with E-state index in [4.69, 9.17) is 0 Å². The predicted molar refractivity (Wildman–Crippen MR) is 71.6 cm³/mol. The van der Waals surface area contributed by atoms with Gasteiger partial charge in [-0.25, -0.2) is 4.98 Å². The first-order valence-electron chi connectivity index (χ1n) is 6.29. The Kier molecular flexibility index (Phi) is 4.15. The van der Waals surface area contributed by atoms with Crippen LogP contribution in [0.1, 0.15) is 11.1 Å². The van der Waals surface area contributed by atoms with Crippen molar-refractivity contribution in [3.05, 3.63) is 23.4 Å². The third-order valence-corrected chi connectivity index (χ3v) is 3.36. The Labute approximate surface area is 108 Å². The number of piperazine rings is 1. The van der Waals surface area contributed by atoms with Crippen molar-refractivity contribution in [2.45, 2.75) is 13.5 Å². The van der Waals surface area contributed by atoms with Crippen molar-refractivity contribution in [1.82, 2.24) is 15.2 Å². The van der Waals surface area contributed by atoms with Crippen LogP contribution in [0.3, 0.4) is 0 Å². The number of aryl methyl sites for hydroxylation is 1. The molecule has 1 fully saturated rings. The number of aromatic nitrogens is 1. The number of anilines is 1. The normalized spacial score (nSPS) is 15.9. The van der Waals surface area contributed by atoms with Crippen LogP contribution in [0.5, 0.6) is 0 Å². The fourth-order valence-electron chi connectivity index (χ4n) is 2.17. The van der Waals surface area contributed by atoms with Gasteiger partial charge in [0.1, 0.15) is 5.82 Å². The Morgan fingerprint density at radius 3 is 2.67 bits per heavy atom. The first kappa shape index (κ1) is 12.8. The summed E-state index contributed by atoms with van der Waals surface area (Å²) in [4.78, 5) is 19.2. The lowest BCUT2D eigenvalue weighted by Crippen LogP contribution is -2.46. The van der Waals surface area contributed by atoms with Crippen molar-refractivity contribution in [3.8, 4) is 0 Å². The molecular formula is C13H20N4O. The van der Waals surface area contributed by atoms with Gasteiger partial charge in [0.05, 0.1) is 0 Å². The van der Waals surface area contributed by atoms with Gasteiger partial charge in [-0.2, -0.15) is 0 Å². The zero-order valence-electron chi connectivity index (χ0n) is 11.0. The zero-order chi connectivity index (χ0) is 13.0. The highest BCUT2D eigenvalue weighted by molar-refractivity contribution is 5.49. The van der Waals surface area contributed by atoms with E-state index in [9.17, 15) is 4.79 Å². The molecule has 1 N–H and O–H groups in total. The molecule has 0 unspecified atom stereocenters. The average molecular weight is 248 g/mol. The lowest BCUT2D eigenvalue weighted by atomic mass is 10.1. The van der Waals surface area contributed by atoms with Crippen LogP contribution in [0, 0.1) is 6.92 Å². The standard InChI is InChI=1S/C13H20N4O/c1-11-7-13(15-9-12(11)8-14-2)17-5-3-16(10-18)4-6-17/h7,9-10,14H,3-6,8H2,1-2H3. The van der Waals surface area contributed by atoms with Gasteiger partial charge in [-0.05, 0) is 31.2 Å². The van der Waals surface area contributed by atoms with Gasteiger partial charge >= 0.3 is 0 Å². The van der Waals surface area contributed by atoms with Crippen LogP contribution in [-0.4, -0.2) is 49.5 Å². The molecular weight excluding hydrogens is 228 g/mol. The molecule has 1 amide bonds. The summed E-state index contributed by atoms with van der Waals surface area (Å²) in [6, 6.07) is 2.13. The Bertz CT molecular complexity index is 413. The van der Waals surface area contributed by atoms with Crippen molar-refractivity contribution in [2.24, 2.45) is 0 Å². The van der Waals surface area contributed by atoms with E-state index >= 15 is 0 Å². The van der Waals surface area contributed by atoms with Crippen LogP contribution in [-0.2, 0) is 11.3 Å². The molecule has 98 valence electrons. The number of nitrogens with one attached hydrogen (secondary N) is 1. The number of amides is 1. The lowest BCUT2D eigenvalue weighted by molar-refractivity contribution is -0.118. The van der Waals surface area contributed by atoms with Gasteiger partial charge in [-0.1, -0.05) is 0 Å². The number of nitrogens with zero attached hydrogens (tertiary/aromatic N) is 3. The summed E-state index contributed by atoms with van der Waals surface area (Å²) in [6.45, 7) is 6.23. The van der Waals surface area contributed by atoms with E-state index in [1.807, 2.05) is 13.2 Å². The summed E-state index contributed by atoms with van der Waals surface area (Å²) in [5.74, 6) is 1.01. The minimum Gasteiger partial charge on any atom is -0.353 e. The van der Waals surface area contributed by atoms with Crippen molar-refractivity contribution >= 4 is 12.2 Å². The summed E-state index contributed by atoms with van der Waals surface area (Å²) in [6.07, 6.45) is 2.86. The zero-order valence-corrected chi connectivity index (χ0v) is 11.0. The molecule has 0 bridgehead atoms. The van der Waals surface area contributed by atoms with Crippen molar-refractivity contribution in [1.29, 1.82) is 0 Å². The highest BCUT2D eigenvalue weighted by Crippen LogP contribution is 2.17. The fraction of sp³-hybridized carbons (Fsp3) is 0.538. The first-order valence-corrected chi connectivity index (χ1v) is 6.29. The van der Waals surface area contributed by atoms with Crippen LogP contribution >= 0.6 is 0 Å². The predicted octanol–water partition coefficient (Wildman–Crippen LogP) is 0.388. The molecule has 5 heteroatoms. The Balaban J connectivity index is 2.05. The van der Waals surface area contributed by atoms with Crippen molar-refractivity contribution in [3.63, 3.8) is 0 Å². The van der Waals surface area contributed by atoms with E-state index < -0.39 is 0 Å². The molecule has 0 aromatic carbocycles. The van der Waals surface area contributed by atoms with Crippen LogP contribution < -0.4 is 10.2 Å². The molecule has 0 spiro atoms. The fourth-order valence-corrected chi connectivity index (χ4v) is 2.17. The second-order valence-corrected chi connectivity index (χ2v) is 4.63. The van der Waals surface area contributed by atoms with E-state index in [0.717, 1.165) is 45.0 Å². The average Bonchev–Trinajstić information content (AvgIpc) is 2.41. The first-order chi connectivity index (χ1) is 8.74. The smallest absolute Gasteiger partial charge is 0.209 e. The van der Waals surface area contributed by atoms with Gasteiger partial charge in [0, 0.05) is 38.9 Å². The van der Waals surface area contributed by atoms with Crippen molar-refractivity contribution < 1.29 is 4.79 Å². The topological polar surface area (TPSA) is 48.5 Å². The number of hydrogen-bond donors (Lipinski definition) is 1. The second kappa shape index (κ2) is 5.82. The van der Waals surface area contributed by atoms with E-state index in [-0.39, 0.29) is 0 Å². The molecule has 2 rings (SSSR count). The van der Waals surface area contributed by atoms with Crippen LogP contribution in [0.4, 0.5) is 5.82 Å².